The van der Waals surface area contributed by atoms with Crippen molar-refractivity contribution in [1.82, 2.24) is 5.32 Å². The van der Waals surface area contributed by atoms with E-state index in [1.807, 2.05) is 12.1 Å². The molecule has 1 heterocycles. The van der Waals surface area contributed by atoms with E-state index in [1.54, 1.807) is 18.9 Å². The van der Waals surface area contributed by atoms with E-state index in [9.17, 15) is 4.79 Å². The fourth-order valence-corrected chi connectivity index (χ4v) is 4.10. The third kappa shape index (κ3) is 2.91. The third-order valence-corrected chi connectivity index (χ3v) is 5.59. The van der Waals surface area contributed by atoms with E-state index in [2.05, 4.69) is 36.5 Å². The summed E-state index contributed by atoms with van der Waals surface area (Å²) in [5.74, 6) is 0.953. The minimum atomic E-state index is -0.771. The van der Waals surface area contributed by atoms with E-state index in [4.69, 9.17) is 9.84 Å². The number of ether oxygens (including phenoxy) is 1. The Morgan fingerprint density at radius 1 is 1.32 bits per heavy atom. The van der Waals surface area contributed by atoms with E-state index in [0.717, 1.165) is 11.1 Å². The van der Waals surface area contributed by atoms with Gasteiger partial charge in [-0.3, -0.25) is 10.1 Å². The van der Waals surface area contributed by atoms with Crippen LogP contribution in [0.3, 0.4) is 0 Å². The van der Waals surface area contributed by atoms with Crippen LogP contribution in [0, 0.1) is 0 Å². The first kappa shape index (κ1) is 15.2. The zero-order chi connectivity index (χ0) is 15.7. The van der Waals surface area contributed by atoms with Gasteiger partial charge in [0.2, 0.25) is 0 Å². The molecule has 5 heteroatoms. The molecule has 0 aromatic heterocycles. The lowest BCUT2D eigenvalue weighted by atomic mass is 9.97. The van der Waals surface area contributed by atoms with Crippen LogP contribution in [0.4, 0.5) is 0 Å². The molecule has 1 fully saturated rings. The van der Waals surface area contributed by atoms with Gasteiger partial charge in [0.25, 0.3) is 0 Å². The molecule has 116 valence electrons. The van der Waals surface area contributed by atoms with Crippen molar-refractivity contribution in [3.8, 4) is 5.75 Å². The summed E-state index contributed by atoms with van der Waals surface area (Å²) in [5, 5.41) is 14.7. The van der Waals surface area contributed by atoms with Crippen molar-refractivity contribution in [2.75, 3.05) is 12.9 Å². The second-order valence-corrected chi connectivity index (χ2v) is 6.75. The zero-order valence-electron chi connectivity index (χ0n) is 12.6. The standard InChI is InChI=1S/C17H19NO3S/c1-10(16-18-15(9-22-16)17(19)20)11-3-4-13-8-14(21-2)6-5-12(13)7-11/h3-8,10,15-16,18H,9H2,1-2H3,(H,19,20)/t10-,15-,16?/m0/s1. The first-order chi connectivity index (χ1) is 10.6. The number of rotatable bonds is 4. The van der Waals surface area contributed by atoms with Gasteiger partial charge < -0.3 is 9.84 Å². The summed E-state index contributed by atoms with van der Waals surface area (Å²) >= 11 is 1.68. The molecule has 0 aliphatic carbocycles. The molecular weight excluding hydrogens is 298 g/mol. The molecule has 2 N–H and O–H groups in total. The van der Waals surface area contributed by atoms with Gasteiger partial charge in [-0.2, -0.15) is 0 Å². The Kier molecular flexibility index (Phi) is 4.27. The van der Waals surface area contributed by atoms with Gasteiger partial charge in [0.1, 0.15) is 11.8 Å². The quantitative estimate of drug-likeness (QED) is 0.907. The number of fused-ring (bicyclic) bond motifs is 1. The molecule has 0 spiro atoms. The smallest absolute Gasteiger partial charge is 0.321 e. The highest BCUT2D eigenvalue weighted by Gasteiger charge is 2.33. The normalized spacial score (nSPS) is 22.6. The largest absolute Gasteiger partial charge is 0.497 e. The van der Waals surface area contributed by atoms with Crippen molar-refractivity contribution in [3.63, 3.8) is 0 Å². The van der Waals surface area contributed by atoms with Crippen molar-refractivity contribution in [2.45, 2.75) is 24.3 Å². The summed E-state index contributed by atoms with van der Waals surface area (Å²) in [6.07, 6.45) is 0. The van der Waals surface area contributed by atoms with Gasteiger partial charge in [-0.15, -0.1) is 11.8 Å². The number of hydrogen-bond donors (Lipinski definition) is 2. The molecule has 3 atom stereocenters. The van der Waals surface area contributed by atoms with Crippen molar-refractivity contribution in [3.05, 3.63) is 42.0 Å². The summed E-state index contributed by atoms with van der Waals surface area (Å²) in [4.78, 5) is 11.1. The minimum Gasteiger partial charge on any atom is -0.497 e. The fourth-order valence-electron chi connectivity index (χ4n) is 2.75. The van der Waals surface area contributed by atoms with Crippen molar-refractivity contribution < 1.29 is 14.6 Å². The predicted octanol–water partition coefficient (Wildman–Crippen LogP) is 3.07. The van der Waals surface area contributed by atoms with E-state index >= 15 is 0 Å². The number of nitrogens with one attached hydrogen (secondary N) is 1. The molecule has 1 aliphatic rings. The van der Waals surface area contributed by atoms with Gasteiger partial charge in [-0.05, 0) is 28.5 Å². The SMILES string of the molecule is COc1ccc2cc([C@H](C)C3N[C@H](C(=O)O)CS3)ccc2c1. The Bertz CT molecular complexity index is 703. The van der Waals surface area contributed by atoms with E-state index in [1.165, 1.54) is 10.9 Å². The number of carbonyl (C=O) groups is 1. The molecule has 0 saturated carbocycles. The van der Waals surface area contributed by atoms with Gasteiger partial charge in [-0.1, -0.05) is 31.2 Å². The lowest BCUT2D eigenvalue weighted by molar-refractivity contribution is -0.138. The van der Waals surface area contributed by atoms with Gasteiger partial charge in [0.15, 0.2) is 0 Å². The van der Waals surface area contributed by atoms with Crippen LogP contribution < -0.4 is 10.1 Å². The number of benzene rings is 2. The maximum atomic E-state index is 11.1. The third-order valence-electron chi connectivity index (χ3n) is 4.16. The van der Waals surface area contributed by atoms with Gasteiger partial charge in [-0.25, -0.2) is 0 Å². The molecule has 1 saturated heterocycles. The Morgan fingerprint density at radius 3 is 2.73 bits per heavy atom. The van der Waals surface area contributed by atoms with Gasteiger partial charge in [0, 0.05) is 11.7 Å². The van der Waals surface area contributed by atoms with Crippen LogP contribution >= 0.6 is 11.8 Å². The van der Waals surface area contributed by atoms with Crippen LogP contribution in [0.5, 0.6) is 5.75 Å². The van der Waals surface area contributed by atoms with Crippen LogP contribution in [0.2, 0.25) is 0 Å². The Hall–Kier alpha value is -1.72. The average Bonchev–Trinajstić information content (AvgIpc) is 3.03. The second kappa shape index (κ2) is 6.18. The monoisotopic (exact) mass is 317 g/mol. The maximum Gasteiger partial charge on any atom is 0.321 e. The zero-order valence-corrected chi connectivity index (χ0v) is 13.4. The highest BCUT2D eigenvalue weighted by molar-refractivity contribution is 8.00. The number of methoxy groups -OCH3 is 1. The van der Waals surface area contributed by atoms with Crippen LogP contribution in [0.15, 0.2) is 36.4 Å². The molecule has 0 bridgehead atoms. The fraction of sp³-hybridized carbons (Fsp3) is 0.353. The summed E-state index contributed by atoms with van der Waals surface area (Å²) in [6, 6.07) is 12.0. The summed E-state index contributed by atoms with van der Waals surface area (Å²) < 4.78 is 5.25. The van der Waals surface area contributed by atoms with Crippen molar-refractivity contribution in [1.29, 1.82) is 0 Å². The van der Waals surface area contributed by atoms with E-state index in [-0.39, 0.29) is 11.3 Å². The molecule has 1 aliphatic heterocycles. The van der Waals surface area contributed by atoms with Crippen molar-refractivity contribution in [2.24, 2.45) is 0 Å². The summed E-state index contributed by atoms with van der Waals surface area (Å²) in [6.45, 7) is 2.14. The predicted molar refractivity (Wildman–Crippen MR) is 89.7 cm³/mol. The number of aliphatic carboxylic acids is 1. The number of hydrogen-bond acceptors (Lipinski definition) is 4. The summed E-state index contributed by atoms with van der Waals surface area (Å²) in [5.41, 5.74) is 1.22. The molecule has 3 rings (SSSR count). The topological polar surface area (TPSA) is 58.6 Å². The van der Waals surface area contributed by atoms with Crippen molar-refractivity contribution >= 4 is 28.5 Å². The molecule has 2 aromatic carbocycles. The number of thioether (sulfide) groups is 1. The highest BCUT2D eigenvalue weighted by atomic mass is 32.2. The van der Waals surface area contributed by atoms with Crippen LogP contribution in [-0.2, 0) is 4.79 Å². The molecule has 1 unspecified atom stereocenters. The number of carboxylic acid groups (broad SMARTS) is 1. The average molecular weight is 317 g/mol. The Labute approximate surface area is 133 Å². The van der Waals surface area contributed by atoms with Gasteiger partial charge in [0.05, 0.1) is 12.5 Å². The first-order valence-electron chi connectivity index (χ1n) is 7.26. The molecule has 22 heavy (non-hydrogen) atoms. The molecule has 0 amide bonds. The molecule has 2 aromatic rings. The molecular formula is C17H19NO3S. The number of carboxylic acids is 1. The van der Waals surface area contributed by atoms with E-state index < -0.39 is 12.0 Å². The first-order valence-corrected chi connectivity index (χ1v) is 8.31. The van der Waals surface area contributed by atoms with Crippen LogP contribution in [0.1, 0.15) is 18.4 Å². The van der Waals surface area contributed by atoms with E-state index in [0.29, 0.717) is 5.75 Å². The highest BCUT2D eigenvalue weighted by Crippen LogP contribution is 2.33. The van der Waals surface area contributed by atoms with Gasteiger partial charge >= 0.3 is 5.97 Å². The van der Waals surface area contributed by atoms with Crippen LogP contribution in [-0.4, -0.2) is 35.4 Å². The maximum absolute atomic E-state index is 11.1. The Balaban J connectivity index is 1.82. The second-order valence-electron chi connectivity index (χ2n) is 5.57. The molecule has 0 radical (unpaired) electrons. The lowest BCUT2D eigenvalue weighted by Crippen LogP contribution is -2.38. The van der Waals surface area contributed by atoms with Crippen LogP contribution in [0.25, 0.3) is 10.8 Å². The lowest BCUT2D eigenvalue weighted by Gasteiger charge is -2.20. The summed E-state index contributed by atoms with van der Waals surface area (Å²) in [7, 11) is 1.67. The minimum absolute atomic E-state index is 0.136. The molecule has 4 nitrogen and oxygen atoms in total. The Morgan fingerprint density at radius 2 is 2.05 bits per heavy atom.